The van der Waals surface area contributed by atoms with E-state index >= 15 is 0 Å². The van der Waals surface area contributed by atoms with E-state index < -0.39 is 18.1 Å². The van der Waals surface area contributed by atoms with Crippen molar-refractivity contribution in [3.05, 3.63) is 0 Å². The first-order chi connectivity index (χ1) is 4.63. The Bertz CT molecular complexity index is 116. The third-order valence-corrected chi connectivity index (χ3v) is 1.31. The molecule has 3 N–H and O–H groups in total. The van der Waals surface area contributed by atoms with Gasteiger partial charge < -0.3 is 15.6 Å². The molecule has 0 bridgehead atoms. The monoisotopic (exact) mass is 147 g/mol. The van der Waals surface area contributed by atoms with Crippen LogP contribution in [-0.4, -0.2) is 30.3 Å². The molecule has 0 aliphatic carbocycles. The molecule has 0 amide bonds. The molecule has 0 rings (SSSR count). The summed E-state index contributed by atoms with van der Waals surface area (Å²) in [7, 11) is 1.24. The van der Waals surface area contributed by atoms with Crippen molar-refractivity contribution in [3.8, 4) is 0 Å². The average molecular weight is 147 g/mol. The Morgan fingerprint density at radius 3 is 2.60 bits per heavy atom. The topological polar surface area (TPSA) is 72.5 Å². The fraction of sp³-hybridized carbons (Fsp3) is 0.833. The van der Waals surface area contributed by atoms with Gasteiger partial charge in [0, 0.05) is 0 Å². The summed E-state index contributed by atoms with van der Waals surface area (Å²) in [4.78, 5) is 10.6. The number of aliphatic hydroxyl groups excluding tert-OH is 1. The van der Waals surface area contributed by atoms with E-state index in [9.17, 15) is 4.79 Å². The summed E-state index contributed by atoms with van der Waals surface area (Å²) in [6.45, 7) is 1.74. The molecule has 0 saturated carbocycles. The van der Waals surface area contributed by atoms with Gasteiger partial charge in [-0.2, -0.15) is 0 Å². The number of hydrogen-bond acceptors (Lipinski definition) is 4. The van der Waals surface area contributed by atoms with Gasteiger partial charge in [-0.1, -0.05) is 6.92 Å². The Balaban J connectivity index is 3.81. The first-order valence-electron chi connectivity index (χ1n) is 3.15. The third kappa shape index (κ3) is 2.33. The molecule has 0 aromatic carbocycles. The van der Waals surface area contributed by atoms with E-state index in [1.807, 2.05) is 0 Å². The molecule has 0 spiro atoms. The molecule has 2 atom stereocenters. The Morgan fingerprint density at radius 1 is 1.80 bits per heavy atom. The van der Waals surface area contributed by atoms with Gasteiger partial charge in [-0.3, -0.25) is 4.79 Å². The minimum atomic E-state index is -0.907. The lowest BCUT2D eigenvalue weighted by molar-refractivity contribution is -0.144. The van der Waals surface area contributed by atoms with Crippen molar-refractivity contribution >= 4 is 5.97 Å². The van der Waals surface area contributed by atoms with Crippen molar-refractivity contribution in [2.75, 3.05) is 7.11 Å². The van der Waals surface area contributed by atoms with Gasteiger partial charge >= 0.3 is 5.97 Å². The summed E-state index contributed by atoms with van der Waals surface area (Å²) in [5.41, 5.74) is 5.26. The van der Waals surface area contributed by atoms with Gasteiger partial charge in [-0.15, -0.1) is 0 Å². The van der Waals surface area contributed by atoms with Crippen LogP contribution in [0.4, 0.5) is 0 Å². The average Bonchev–Trinajstić information content (AvgIpc) is 2.00. The summed E-state index contributed by atoms with van der Waals surface area (Å²) in [5.74, 6) is -0.575. The molecule has 0 heterocycles. The quantitative estimate of drug-likeness (QED) is 0.515. The normalized spacial score (nSPS) is 16.0. The molecular weight excluding hydrogens is 134 g/mol. The molecule has 0 saturated heterocycles. The number of carbonyl (C=O) groups excluding carboxylic acids is 1. The second kappa shape index (κ2) is 4.24. The van der Waals surface area contributed by atoms with Crippen LogP contribution in [0, 0.1) is 0 Å². The van der Waals surface area contributed by atoms with Gasteiger partial charge in [0.05, 0.1) is 13.2 Å². The zero-order chi connectivity index (χ0) is 8.15. The van der Waals surface area contributed by atoms with Crippen LogP contribution in [0.25, 0.3) is 0 Å². The van der Waals surface area contributed by atoms with Crippen LogP contribution in [-0.2, 0) is 9.53 Å². The molecule has 0 aromatic heterocycles. The van der Waals surface area contributed by atoms with Crippen LogP contribution < -0.4 is 5.73 Å². The van der Waals surface area contributed by atoms with E-state index in [0.29, 0.717) is 6.42 Å². The van der Waals surface area contributed by atoms with Gasteiger partial charge in [0.25, 0.3) is 0 Å². The van der Waals surface area contributed by atoms with E-state index in [1.165, 1.54) is 7.11 Å². The third-order valence-electron chi connectivity index (χ3n) is 1.31. The van der Waals surface area contributed by atoms with E-state index in [2.05, 4.69) is 4.74 Å². The molecule has 2 unspecified atom stereocenters. The lowest BCUT2D eigenvalue weighted by atomic mass is 10.1. The van der Waals surface area contributed by atoms with E-state index in [0.717, 1.165) is 0 Å². The molecular formula is C6H13NO3. The number of carbonyl (C=O) groups is 1. The highest BCUT2D eigenvalue weighted by Crippen LogP contribution is 1.96. The van der Waals surface area contributed by atoms with Crippen LogP contribution in [0.15, 0.2) is 0 Å². The number of rotatable bonds is 3. The summed E-state index contributed by atoms with van der Waals surface area (Å²) in [6.07, 6.45) is -0.344. The van der Waals surface area contributed by atoms with Gasteiger partial charge in [0.1, 0.15) is 6.04 Å². The second-order valence-corrected chi connectivity index (χ2v) is 2.02. The molecule has 0 fully saturated rings. The highest BCUT2D eigenvalue weighted by molar-refractivity contribution is 5.75. The van der Waals surface area contributed by atoms with Gasteiger partial charge in [-0.25, -0.2) is 0 Å². The summed E-state index contributed by atoms with van der Waals surface area (Å²) >= 11 is 0. The Hall–Kier alpha value is -0.610. The van der Waals surface area contributed by atoms with Crippen LogP contribution in [0.3, 0.4) is 0 Å². The summed E-state index contributed by atoms with van der Waals surface area (Å²) < 4.78 is 4.31. The Morgan fingerprint density at radius 2 is 2.30 bits per heavy atom. The maximum Gasteiger partial charge on any atom is 0.325 e. The van der Waals surface area contributed by atoms with Crippen molar-refractivity contribution in [3.63, 3.8) is 0 Å². The number of ether oxygens (including phenoxy) is 1. The summed E-state index contributed by atoms with van der Waals surface area (Å²) in [5, 5.41) is 9.00. The molecule has 0 aliphatic rings. The number of methoxy groups -OCH3 is 1. The van der Waals surface area contributed by atoms with Crippen LogP contribution in [0.5, 0.6) is 0 Å². The minimum absolute atomic E-state index is 0.455. The van der Waals surface area contributed by atoms with Gasteiger partial charge in [0.2, 0.25) is 0 Å². The van der Waals surface area contributed by atoms with Crippen LogP contribution in [0.1, 0.15) is 13.3 Å². The van der Waals surface area contributed by atoms with Crippen molar-refractivity contribution in [1.82, 2.24) is 0 Å². The number of aliphatic hydroxyl groups is 1. The highest BCUT2D eigenvalue weighted by Gasteiger charge is 2.20. The zero-order valence-corrected chi connectivity index (χ0v) is 6.20. The molecule has 4 heteroatoms. The van der Waals surface area contributed by atoms with E-state index in [4.69, 9.17) is 10.8 Å². The van der Waals surface area contributed by atoms with Crippen LogP contribution in [0.2, 0.25) is 0 Å². The smallest absolute Gasteiger partial charge is 0.325 e. The van der Waals surface area contributed by atoms with E-state index in [1.54, 1.807) is 6.92 Å². The van der Waals surface area contributed by atoms with Gasteiger partial charge in [0.15, 0.2) is 0 Å². The number of hydrogen-bond donors (Lipinski definition) is 2. The zero-order valence-electron chi connectivity index (χ0n) is 6.20. The molecule has 10 heavy (non-hydrogen) atoms. The Kier molecular flexibility index (Phi) is 3.99. The van der Waals surface area contributed by atoms with Crippen molar-refractivity contribution in [1.29, 1.82) is 0 Å². The molecule has 0 aromatic rings. The lowest BCUT2D eigenvalue weighted by Crippen LogP contribution is -2.42. The maximum atomic E-state index is 10.6. The van der Waals surface area contributed by atoms with Crippen molar-refractivity contribution in [2.45, 2.75) is 25.5 Å². The number of nitrogens with two attached hydrogens (primary N) is 1. The predicted octanol–water partition coefficient (Wildman–Crippen LogP) is -0.742. The fourth-order valence-corrected chi connectivity index (χ4v) is 0.547. The molecule has 4 nitrogen and oxygen atoms in total. The molecule has 0 aliphatic heterocycles. The highest BCUT2D eigenvalue weighted by atomic mass is 16.5. The molecule has 0 radical (unpaired) electrons. The SMILES string of the molecule is CCC(O)C(N)C(=O)OC. The largest absolute Gasteiger partial charge is 0.468 e. The second-order valence-electron chi connectivity index (χ2n) is 2.02. The van der Waals surface area contributed by atoms with E-state index in [-0.39, 0.29) is 0 Å². The standard InChI is InChI=1S/C6H13NO3/c1-3-4(8)5(7)6(9)10-2/h4-5,8H,3,7H2,1-2H3. The fourth-order valence-electron chi connectivity index (χ4n) is 0.547. The lowest BCUT2D eigenvalue weighted by Gasteiger charge is -2.13. The molecule has 60 valence electrons. The van der Waals surface area contributed by atoms with Crippen molar-refractivity contribution in [2.24, 2.45) is 5.73 Å². The maximum absolute atomic E-state index is 10.6. The summed E-state index contributed by atoms with van der Waals surface area (Å²) in [6, 6.07) is -0.907. The first-order valence-corrected chi connectivity index (χ1v) is 3.15. The van der Waals surface area contributed by atoms with Gasteiger partial charge in [-0.05, 0) is 6.42 Å². The first kappa shape index (κ1) is 9.39. The predicted molar refractivity (Wildman–Crippen MR) is 36.3 cm³/mol. The van der Waals surface area contributed by atoms with Crippen LogP contribution >= 0.6 is 0 Å². The van der Waals surface area contributed by atoms with Crippen molar-refractivity contribution < 1.29 is 14.6 Å². The Labute approximate surface area is 60.0 Å². The number of esters is 1. The minimum Gasteiger partial charge on any atom is -0.468 e.